The molecule has 3 aromatic heterocycles. The minimum Gasteiger partial charge on any atom is -0.309 e. The summed E-state index contributed by atoms with van der Waals surface area (Å²) in [6, 6.07) is 79.4. The van der Waals surface area contributed by atoms with Crippen LogP contribution >= 0.6 is 0 Å². The lowest BCUT2D eigenvalue weighted by Gasteiger charge is -2.12. The quantitative estimate of drug-likeness (QED) is 0.162. The molecule has 0 aliphatic carbocycles. The second kappa shape index (κ2) is 14.7. The molecule has 290 valence electrons. The molecule has 62 heavy (non-hydrogen) atoms. The van der Waals surface area contributed by atoms with Crippen LogP contribution in [0, 0.1) is 0 Å². The Bertz CT molecular complexity index is 3550. The van der Waals surface area contributed by atoms with Crippen LogP contribution in [-0.4, -0.2) is 24.1 Å². The normalized spacial score (nSPS) is 11.5. The lowest BCUT2D eigenvalue weighted by molar-refractivity contribution is 1.07. The zero-order chi connectivity index (χ0) is 41.0. The Morgan fingerprint density at radius 3 is 1.31 bits per heavy atom. The number of nitrogens with zero attached hydrogens (tertiary/aromatic N) is 5. The van der Waals surface area contributed by atoms with Crippen LogP contribution in [0.3, 0.4) is 0 Å². The van der Waals surface area contributed by atoms with E-state index < -0.39 is 0 Å². The van der Waals surface area contributed by atoms with E-state index in [0.29, 0.717) is 17.5 Å². The van der Waals surface area contributed by atoms with Gasteiger partial charge >= 0.3 is 0 Å². The van der Waals surface area contributed by atoms with Gasteiger partial charge < -0.3 is 9.13 Å². The summed E-state index contributed by atoms with van der Waals surface area (Å²) in [4.78, 5) is 15.0. The number of benzene rings is 9. The third kappa shape index (κ3) is 6.06. The molecular formula is C57H37N5. The van der Waals surface area contributed by atoms with Gasteiger partial charge in [0.05, 0.1) is 22.1 Å². The van der Waals surface area contributed by atoms with E-state index in [0.717, 1.165) is 39.1 Å². The van der Waals surface area contributed by atoms with Gasteiger partial charge in [-0.05, 0) is 76.9 Å². The van der Waals surface area contributed by atoms with Crippen LogP contribution in [0.25, 0.3) is 111 Å². The zero-order valence-corrected chi connectivity index (χ0v) is 33.6. The van der Waals surface area contributed by atoms with Crippen molar-refractivity contribution in [1.29, 1.82) is 0 Å². The predicted molar refractivity (Wildman–Crippen MR) is 256 cm³/mol. The van der Waals surface area contributed by atoms with Crippen molar-refractivity contribution in [3.63, 3.8) is 0 Å². The van der Waals surface area contributed by atoms with E-state index in [9.17, 15) is 0 Å². The van der Waals surface area contributed by atoms with Gasteiger partial charge in [-0.2, -0.15) is 0 Å². The maximum atomic E-state index is 5.04. The molecule has 5 nitrogen and oxygen atoms in total. The summed E-state index contributed by atoms with van der Waals surface area (Å²) < 4.78 is 4.76. The number of aromatic nitrogens is 5. The minimum absolute atomic E-state index is 0.627. The van der Waals surface area contributed by atoms with Gasteiger partial charge in [0.1, 0.15) is 0 Å². The van der Waals surface area contributed by atoms with Crippen molar-refractivity contribution in [1.82, 2.24) is 24.1 Å². The van der Waals surface area contributed by atoms with E-state index in [-0.39, 0.29) is 0 Å². The van der Waals surface area contributed by atoms with Crippen LogP contribution in [-0.2, 0) is 0 Å². The number of hydrogen-bond donors (Lipinski definition) is 0. The first-order valence-corrected chi connectivity index (χ1v) is 20.9. The summed E-state index contributed by atoms with van der Waals surface area (Å²) in [5, 5.41) is 4.87. The predicted octanol–water partition coefficient (Wildman–Crippen LogP) is 14.4. The van der Waals surface area contributed by atoms with Crippen molar-refractivity contribution in [2.75, 3.05) is 0 Å². The van der Waals surface area contributed by atoms with Crippen molar-refractivity contribution in [2.45, 2.75) is 0 Å². The van der Waals surface area contributed by atoms with E-state index in [1.165, 1.54) is 54.8 Å². The summed E-state index contributed by atoms with van der Waals surface area (Å²) >= 11 is 0. The first-order chi connectivity index (χ1) is 30.7. The van der Waals surface area contributed by atoms with Crippen LogP contribution in [0.2, 0.25) is 0 Å². The van der Waals surface area contributed by atoms with Crippen LogP contribution < -0.4 is 0 Å². The van der Waals surface area contributed by atoms with Gasteiger partial charge in [0.2, 0.25) is 0 Å². The molecular weight excluding hydrogens is 755 g/mol. The summed E-state index contributed by atoms with van der Waals surface area (Å²) in [6.45, 7) is 0. The van der Waals surface area contributed by atoms with E-state index >= 15 is 0 Å². The van der Waals surface area contributed by atoms with Crippen molar-refractivity contribution in [3.05, 3.63) is 224 Å². The first kappa shape index (κ1) is 35.5. The number of para-hydroxylation sites is 2. The highest BCUT2D eigenvalue weighted by Crippen LogP contribution is 2.39. The number of rotatable bonds is 7. The standard InChI is InChI=1S/C57H37N5/c1-4-15-38(16-5-1)39-27-31-45(32-28-39)61-51-25-12-10-23-47(51)49-33-29-43(37-54(49)61)42-30-34-53-50(36-42)48-24-11-13-26-52(48)62(53)46-22-14-21-44(35-46)57-59-55(40-17-6-2-7-18-40)58-56(60-57)41-19-8-3-9-20-41/h1-37H. The monoisotopic (exact) mass is 791 g/mol. The third-order valence-corrected chi connectivity index (χ3v) is 12.0. The molecule has 0 aliphatic rings. The van der Waals surface area contributed by atoms with E-state index in [1.807, 2.05) is 60.7 Å². The fraction of sp³-hybridized carbons (Fsp3) is 0. The largest absolute Gasteiger partial charge is 0.309 e. The maximum Gasteiger partial charge on any atom is 0.164 e. The van der Waals surface area contributed by atoms with Gasteiger partial charge in [-0.1, -0.05) is 170 Å². The molecule has 0 fully saturated rings. The summed E-state index contributed by atoms with van der Waals surface area (Å²) in [5.74, 6) is 1.91. The number of hydrogen-bond acceptors (Lipinski definition) is 3. The first-order valence-electron chi connectivity index (χ1n) is 20.9. The Morgan fingerprint density at radius 1 is 0.226 bits per heavy atom. The van der Waals surface area contributed by atoms with Gasteiger partial charge in [0.25, 0.3) is 0 Å². The molecule has 0 aliphatic heterocycles. The molecule has 9 aromatic carbocycles. The Balaban J connectivity index is 0.974. The molecule has 12 aromatic rings. The summed E-state index contributed by atoms with van der Waals surface area (Å²) in [5.41, 5.74) is 14.4. The molecule has 0 spiro atoms. The highest BCUT2D eigenvalue weighted by Gasteiger charge is 2.18. The number of fused-ring (bicyclic) bond motifs is 6. The molecule has 0 N–H and O–H groups in total. The second-order valence-corrected chi connectivity index (χ2v) is 15.7. The van der Waals surface area contributed by atoms with Gasteiger partial charge in [-0.15, -0.1) is 0 Å². The molecule has 0 amide bonds. The van der Waals surface area contributed by atoms with Gasteiger partial charge in [-0.25, -0.2) is 15.0 Å². The molecule has 0 atom stereocenters. The summed E-state index contributed by atoms with van der Waals surface area (Å²) in [6.07, 6.45) is 0. The van der Waals surface area contributed by atoms with Crippen molar-refractivity contribution in [2.24, 2.45) is 0 Å². The third-order valence-electron chi connectivity index (χ3n) is 12.0. The van der Waals surface area contributed by atoms with Crippen LogP contribution in [0.4, 0.5) is 0 Å². The van der Waals surface area contributed by atoms with Gasteiger partial charge in [0, 0.05) is 49.6 Å². The molecule has 0 bridgehead atoms. The molecule has 12 rings (SSSR count). The molecule has 0 radical (unpaired) electrons. The average Bonchev–Trinajstić information content (AvgIpc) is 3.87. The minimum atomic E-state index is 0.627. The van der Waals surface area contributed by atoms with E-state index in [2.05, 4.69) is 173 Å². The average molecular weight is 792 g/mol. The second-order valence-electron chi connectivity index (χ2n) is 15.7. The SMILES string of the molecule is c1ccc(-c2ccc(-n3c4ccccc4c4ccc(-c5ccc6c(c5)c5ccccc5n6-c5cccc(-c6nc(-c7ccccc7)nc(-c7ccccc7)n6)c5)cc43)cc2)cc1. The fourth-order valence-electron chi connectivity index (χ4n) is 9.01. The lowest BCUT2D eigenvalue weighted by Crippen LogP contribution is -2.01. The van der Waals surface area contributed by atoms with Crippen LogP contribution in [0.15, 0.2) is 224 Å². The topological polar surface area (TPSA) is 48.5 Å². The Labute approximate surface area is 358 Å². The Kier molecular flexibility index (Phi) is 8.42. The molecule has 0 saturated carbocycles. The highest BCUT2D eigenvalue weighted by molar-refractivity contribution is 6.12. The molecule has 5 heteroatoms. The Morgan fingerprint density at radius 2 is 0.661 bits per heavy atom. The van der Waals surface area contributed by atoms with E-state index in [1.54, 1.807) is 0 Å². The lowest BCUT2D eigenvalue weighted by atomic mass is 10.0. The zero-order valence-electron chi connectivity index (χ0n) is 33.6. The highest BCUT2D eigenvalue weighted by atomic mass is 15.0. The van der Waals surface area contributed by atoms with Crippen LogP contribution in [0.5, 0.6) is 0 Å². The van der Waals surface area contributed by atoms with Gasteiger partial charge in [-0.3, -0.25) is 0 Å². The van der Waals surface area contributed by atoms with E-state index in [4.69, 9.17) is 15.0 Å². The molecule has 3 heterocycles. The fourth-order valence-corrected chi connectivity index (χ4v) is 9.01. The molecule has 0 unspecified atom stereocenters. The maximum absolute atomic E-state index is 5.04. The smallest absolute Gasteiger partial charge is 0.164 e. The van der Waals surface area contributed by atoms with Crippen molar-refractivity contribution in [3.8, 4) is 67.8 Å². The molecule has 0 saturated heterocycles. The van der Waals surface area contributed by atoms with Gasteiger partial charge in [0.15, 0.2) is 17.5 Å². The van der Waals surface area contributed by atoms with Crippen molar-refractivity contribution < 1.29 is 0 Å². The van der Waals surface area contributed by atoms with Crippen molar-refractivity contribution >= 4 is 43.6 Å². The summed E-state index contributed by atoms with van der Waals surface area (Å²) in [7, 11) is 0. The van der Waals surface area contributed by atoms with Crippen LogP contribution in [0.1, 0.15) is 0 Å². The Hall–Kier alpha value is -8.41.